The molecule has 1 aliphatic carbocycles. The molecule has 1 saturated carbocycles. The number of carbonyl (C=O) groups excluding carboxylic acids is 2. The zero-order valence-electron chi connectivity index (χ0n) is 14.5. The Balaban J connectivity index is 1.50. The topological polar surface area (TPSA) is 61.4 Å². The van der Waals surface area contributed by atoms with Crippen LogP contribution >= 0.6 is 11.3 Å². The molecule has 0 unspecified atom stereocenters. The Hall–Kier alpha value is -2.18. The van der Waals surface area contributed by atoms with Crippen molar-refractivity contribution < 1.29 is 9.59 Å². The molecule has 25 heavy (non-hydrogen) atoms. The molecule has 0 radical (unpaired) electrons. The van der Waals surface area contributed by atoms with Gasteiger partial charge in [-0.25, -0.2) is 0 Å². The third-order valence-electron chi connectivity index (χ3n) is 4.56. The average molecular weight is 357 g/mol. The van der Waals surface area contributed by atoms with E-state index in [4.69, 9.17) is 0 Å². The average Bonchev–Trinajstić information content (AvgIpc) is 3.29. The molecule has 1 fully saturated rings. The molecule has 0 spiro atoms. The van der Waals surface area contributed by atoms with Crippen LogP contribution in [-0.4, -0.2) is 36.3 Å². The van der Waals surface area contributed by atoms with Gasteiger partial charge in [0.1, 0.15) is 0 Å². The molecular weight excluding hydrogens is 334 g/mol. The summed E-state index contributed by atoms with van der Waals surface area (Å²) in [5.41, 5.74) is 1.43. The van der Waals surface area contributed by atoms with Crippen LogP contribution in [0, 0.1) is 5.92 Å². The third-order valence-corrected chi connectivity index (χ3v) is 5.43. The van der Waals surface area contributed by atoms with E-state index < -0.39 is 0 Å². The Kier molecular flexibility index (Phi) is 5.50. The van der Waals surface area contributed by atoms with Gasteiger partial charge in [0, 0.05) is 17.4 Å². The third kappa shape index (κ3) is 4.90. The van der Waals surface area contributed by atoms with Crippen molar-refractivity contribution in [3.05, 3.63) is 46.7 Å². The lowest BCUT2D eigenvalue weighted by Crippen LogP contribution is -2.37. The van der Waals surface area contributed by atoms with Crippen LogP contribution in [0.1, 0.15) is 29.4 Å². The van der Waals surface area contributed by atoms with Gasteiger partial charge < -0.3 is 10.6 Å². The number of anilines is 2. The van der Waals surface area contributed by atoms with Crippen LogP contribution in [0.5, 0.6) is 0 Å². The lowest BCUT2D eigenvalue weighted by atomic mass is 10.2. The second kappa shape index (κ2) is 7.80. The van der Waals surface area contributed by atoms with Gasteiger partial charge in [0.15, 0.2) is 0 Å². The Morgan fingerprint density at radius 2 is 1.80 bits per heavy atom. The van der Waals surface area contributed by atoms with Crippen molar-refractivity contribution in [2.45, 2.75) is 25.8 Å². The molecule has 0 bridgehead atoms. The van der Waals surface area contributed by atoms with Crippen molar-refractivity contribution in [1.82, 2.24) is 4.90 Å². The van der Waals surface area contributed by atoms with Gasteiger partial charge in [-0.2, -0.15) is 0 Å². The first-order chi connectivity index (χ1) is 12.0. The first kappa shape index (κ1) is 17.6. The lowest BCUT2D eigenvalue weighted by Gasteiger charge is -2.23. The quantitative estimate of drug-likeness (QED) is 0.795. The molecule has 3 rings (SSSR count). The SMILES string of the molecule is C[C@@H](C1CC1)N(C)CC(=O)Nc1ccc(NC(=O)c2cccs2)cc1. The van der Waals surface area contributed by atoms with Gasteiger partial charge in [-0.3, -0.25) is 14.5 Å². The summed E-state index contributed by atoms with van der Waals surface area (Å²) in [6.45, 7) is 2.56. The van der Waals surface area contributed by atoms with Crippen molar-refractivity contribution in [2.75, 3.05) is 24.2 Å². The van der Waals surface area contributed by atoms with E-state index in [0.717, 1.165) is 11.6 Å². The minimum absolute atomic E-state index is 0.0228. The van der Waals surface area contributed by atoms with E-state index in [1.807, 2.05) is 18.5 Å². The van der Waals surface area contributed by atoms with Crippen molar-refractivity contribution in [3.8, 4) is 0 Å². The Morgan fingerprint density at radius 1 is 1.16 bits per heavy atom. The van der Waals surface area contributed by atoms with Crippen LogP contribution in [0.25, 0.3) is 0 Å². The second-order valence-electron chi connectivity index (χ2n) is 6.55. The molecule has 6 heteroatoms. The summed E-state index contributed by atoms with van der Waals surface area (Å²) >= 11 is 1.40. The van der Waals surface area contributed by atoms with E-state index in [-0.39, 0.29) is 11.8 Å². The molecule has 0 saturated heterocycles. The number of carbonyl (C=O) groups is 2. The zero-order chi connectivity index (χ0) is 17.8. The summed E-state index contributed by atoms with van der Waals surface area (Å²) in [5.74, 6) is 0.594. The predicted octanol–water partition coefficient (Wildman–Crippen LogP) is 3.67. The summed E-state index contributed by atoms with van der Waals surface area (Å²) in [4.78, 5) is 26.9. The maximum absolute atomic E-state index is 12.2. The molecule has 132 valence electrons. The lowest BCUT2D eigenvalue weighted by molar-refractivity contribution is -0.117. The molecule has 2 aromatic rings. The fraction of sp³-hybridized carbons (Fsp3) is 0.368. The maximum atomic E-state index is 12.2. The Labute approximate surface area is 152 Å². The van der Waals surface area contributed by atoms with E-state index in [2.05, 4.69) is 22.5 Å². The van der Waals surface area contributed by atoms with E-state index in [1.54, 1.807) is 30.3 Å². The number of nitrogens with zero attached hydrogens (tertiary/aromatic N) is 1. The van der Waals surface area contributed by atoms with Crippen LogP contribution < -0.4 is 10.6 Å². The van der Waals surface area contributed by atoms with Crippen molar-refractivity contribution in [1.29, 1.82) is 0 Å². The van der Waals surface area contributed by atoms with Crippen molar-refractivity contribution in [3.63, 3.8) is 0 Å². The van der Waals surface area contributed by atoms with Gasteiger partial charge in [0.25, 0.3) is 5.91 Å². The number of benzene rings is 1. The van der Waals surface area contributed by atoms with E-state index in [1.165, 1.54) is 24.2 Å². The molecule has 1 atom stereocenters. The summed E-state index contributed by atoms with van der Waals surface area (Å²) in [6.07, 6.45) is 2.54. The van der Waals surface area contributed by atoms with Gasteiger partial charge in [-0.05, 0) is 68.4 Å². The molecule has 1 aromatic heterocycles. The Morgan fingerprint density at radius 3 is 2.36 bits per heavy atom. The molecule has 1 aliphatic rings. The molecule has 1 heterocycles. The van der Waals surface area contributed by atoms with Crippen molar-refractivity contribution >= 4 is 34.5 Å². The fourth-order valence-corrected chi connectivity index (χ4v) is 3.37. The van der Waals surface area contributed by atoms with Crippen molar-refractivity contribution in [2.24, 2.45) is 5.92 Å². The normalized spacial score (nSPS) is 15.0. The van der Waals surface area contributed by atoms with E-state index >= 15 is 0 Å². The highest BCUT2D eigenvalue weighted by Gasteiger charge is 2.30. The molecular formula is C19H23N3O2S. The standard InChI is InChI=1S/C19H23N3O2S/c1-13(14-5-6-14)22(2)12-18(23)20-15-7-9-16(10-8-15)21-19(24)17-4-3-11-25-17/h3-4,7-11,13-14H,5-6,12H2,1-2H3,(H,20,23)(H,21,24)/t13-/m0/s1. The smallest absolute Gasteiger partial charge is 0.265 e. The number of hydrogen-bond donors (Lipinski definition) is 2. The summed E-state index contributed by atoms with van der Waals surface area (Å²) in [6, 6.07) is 11.3. The fourth-order valence-electron chi connectivity index (χ4n) is 2.75. The Bertz CT molecular complexity index is 724. The number of hydrogen-bond acceptors (Lipinski definition) is 4. The first-order valence-electron chi connectivity index (χ1n) is 8.48. The maximum Gasteiger partial charge on any atom is 0.265 e. The number of likely N-dealkylation sites (N-methyl/N-ethyl adjacent to an activating group) is 1. The minimum atomic E-state index is -0.123. The van der Waals surface area contributed by atoms with Crippen LogP contribution in [-0.2, 0) is 4.79 Å². The van der Waals surface area contributed by atoms with Gasteiger partial charge in [-0.1, -0.05) is 6.07 Å². The molecule has 0 aliphatic heterocycles. The van der Waals surface area contributed by atoms with Crippen LogP contribution in [0.4, 0.5) is 11.4 Å². The molecule has 2 N–H and O–H groups in total. The van der Waals surface area contributed by atoms with Crippen LogP contribution in [0.15, 0.2) is 41.8 Å². The van der Waals surface area contributed by atoms with Crippen LogP contribution in [0.3, 0.4) is 0 Å². The summed E-state index contributed by atoms with van der Waals surface area (Å²) < 4.78 is 0. The first-order valence-corrected chi connectivity index (χ1v) is 9.36. The number of amides is 2. The number of nitrogens with one attached hydrogen (secondary N) is 2. The van der Waals surface area contributed by atoms with E-state index in [0.29, 0.717) is 23.2 Å². The number of rotatable bonds is 7. The van der Waals surface area contributed by atoms with Gasteiger partial charge in [0.05, 0.1) is 11.4 Å². The van der Waals surface area contributed by atoms with Gasteiger partial charge in [-0.15, -0.1) is 11.3 Å². The predicted molar refractivity (Wildman–Crippen MR) is 102 cm³/mol. The minimum Gasteiger partial charge on any atom is -0.325 e. The highest BCUT2D eigenvalue weighted by atomic mass is 32.1. The van der Waals surface area contributed by atoms with Gasteiger partial charge >= 0.3 is 0 Å². The van der Waals surface area contributed by atoms with E-state index in [9.17, 15) is 9.59 Å². The molecule has 1 aromatic carbocycles. The second-order valence-corrected chi connectivity index (χ2v) is 7.50. The summed E-state index contributed by atoms with van der Waals surface area (Å²) in [5, 5.41) is 7.62. The van der Waals surface area contributed by atoms with Gasteiger partial charge in [0.2, 0.25) is 5.91 Å². The number of thiophene rings is 1. The molecule has 2 amide bonds. The molecule has 5 nitrogen and oxygen atoms in total. The largest absolute Gasteiger partial charge is 0.325 e. The monoisotopic (exact) mass is 357 g/mol. The van der Waals surface area contributed by atoms with Crippen LogP contribution in [0.2, 0.25) is 0 Å². The summed E-state index contributed by atoms with van der Waals surface area (Å²) in [7, 11) is 1.99. The zero-order valence-corrected chi connectivity index (χ0v) is 15.3. The highest BCUT2D eigenvalue weighted by molar-refractivity contribution is 7.12. The highest BCUT2D eigenvalue weighted by Crippen LogP contribution is 2.34.